The molecule has 0 saturated heterocycles. The Balaban J connectivity index is 2.80. The Labute approximate surface area is 115 Å². The van der Waals surface area contributed by atoms with Crippen molar-refractivity contribution in [1.82, 2.24) is 5.32 Å². The van der Waals surface area contributed by atoms with Crippen LogP contribution in [0.3, 0.4) is 0 Å². The van der Waals surface area contributed by atoms with Crippen LogP contribution in [0, 0.1) is 5.82 Å². The summed E-state index contributed by atoms with van der Waals surface area (Å²) in [6, 6.07) is 2.71. The van der Waals surface area contributed by atoms with Crippen molar-refractivity contribution in [1.29, 1.82) is 0 Å². The van der Waals surface area contributed by atoms with Crippen LogP contribution in [0.15, 0.2) is 16.6 Å². The number of hydrogen-bond donors (Lipinski definition) is 2. The predicted molar refractivity (Wildman–Crippen MR) is 75.2 cm³/mol. The summed E-state index contributed by atoms with van der Waals surface area (Å²) in [5.41, 5.74) is 5.69. The molecule has 0 amide bonds. The van der Waals surface area contributed by atoms with E-state index in [1.807, 2.05) is 20.8 Å². The molecule has 0 aliphatic rings. The quantitative estimate of drug-likeness (QED) is 0.648. The molecule has 5 heteroatoms. The average Bonchev–Trinajstić information content (AvgIpc) is 2.32. The number of carbonyl (C=O) groups is 1. The molecular weight excluding hydrogens is 299 g/mol. The third-order valence-electron chi connectivity index (χ3n) is 3.01. The molecule has 3 N–H and O–H groups in total. The zero-order chi connectivity index (χ0) is 13.9. The zero-order valence-corrected chi connectivity index (χ0v) is 12.4. The van der Waals surface area contributed by atoms with E-state index in [0.29, 0.717) is 10.0 Å². The van der Waals surface area contributed by atoms with Crippen molar-refractivity contribution in [2.75, 3.05) is 12.3 Å². The van der Waals surface area contributed by atoms with E-state index in [9.17, 15) is 9.18 Å². The van der Waals surface area contributed by atoms with Gasteiger partial charge in [0.15, 0.2) is 5.78 Å². The number of hydrogen-bond acceptors (Lipinski definition) is 3. The maximum Gasteiger partial charge on any atom is 0.176 e. The molecule has 0 aromatic heterocycles. The molecular formula is C13H18BrFN2O. The van der Waals surface area contributed by atoms with Gasteiger partial charge in [0.25, 0.3) is 0 Å². The van der Waals surface area contributed by atoms with Gasteiger partial charge in [-0.3, -0.25) is 4.79 Å². The number of rotatable bonds is 5. The van der Waals surface area contributed by atoms with E-state index in [0.717, 1.165) is 6.42 Å². The monoisotopic (exact) mass is 316 g/mol. The van der Waals surface area contributed by atoms with Gasteiger partial charge >= 0.3 is 0 Å². The van der Waals surface area contributed by atoms with Gasteiger partial charge in [0.2, 0.25) is 0 Å². The molecule has 0 aliphatic heterocycles. The normalized spacial score (nSPS) is 11.6. The number of nitrogens with one attached hydrogen (secondary N) is 1. The molecule has 0 aliphatic carbocycles. The van der Waals surface area contributed by atoms with Gasteiger partial charge < -0.3 is 11.1 Å². The van der Waals surface area contributed by atoms with E-state index in [4.69, 9.17) is 5.73 Å². The summed E-state index contributed by atoms with van der Waals surface area (Å²) >= 11 is 3.13. The van der Waals surface area contributed by atoms with Gasteiger partial charge in [0.05, 0.1) is 12.2 Å². The SMILES string of the molecule is CCC(C)(C)NCC(=O)c1cc(F)c(N)c(Br)c1. The van der Waals surface area contributed by atoms with Crippen LogP contribution in [0.1, 0.15) is 37.6 Å². The first kappa shape index (κ1) is 15.1. The van der Waals surface area contributed by atoms with Crippen molar-refractivity contribution >= 4 is 27.4 Å². The zero-order valence-electron chi connectivity index (χ0n) is 10.8. The summed E-state index contributed by atoms with van der Waals surface area (Å²) in [6.45, 7) is 6.24. The highest BCUT2D eigenvalue weighted by Crippen LogP contribution is 2.24. The Morgan fingerprint density at radius 3 is 2.61 bits per heavy atom. The molecule has 0 spiro atoms. The summed E-state index contributed by atoms with van der Waals surface area (Å²) in [4.78, 5) is 11.9. The van der Waals surface area contributed by atoms with Gasteiger partial charge in [0, 0.05) is 15.6 Å². The number of carbonyl (C=O) groups excluding carboxylic acids is 1. The van der Waals surface area contributed by atoms with Gasteiger partial charge in [-0.25, -0.2) is 4.39 Å². The molecule has 0 saturated carbocycles. The van der Waals surface area contributed by atoms with Gasteiger partial charge in [0.1, 0.15) is 5.82 Å². The average molecular weight is 317 g/mol. The highest BCUT2D eigenvalue weighted by Gasteiger charge is 2.17. The van der Waals surface area contributed by atoms with E-state index in [1.165, 1.54) is 6.07 Å². The van der Waals surface area contributed by atoms with Crippen LogP contribution in [0.25, 0.3) is 0 Å². The van der Waals surface area contributed by atoms with Gasteiger partial charge in [-0.05, 0) is 48.3 Å². The Kier molecular flexibility index (Phi) is 4.87. The summed E-state index contributed by atoms with van der Waals surface area (Å²) in [5.74, 6) is -0.737. The number of nitrogen functional groups attached to an aromatic ring is 1. The van der Waals surface area contributed by atoms with E-state index in [-0.39, 0.29) is 23.6 Å². The standard InChI is InChI=1S/C13H18BrFN2O/c1-4-13(2,3)17-7-11(18)8-5-9(14)12(16)10(15)6-8/h5-6,17H,4,7,16H2,1-3H3. The number of anilines is 1. The lowest BCUT2D eigenvalue weighted by atomic mass is 10.0. The van der Waals surface area contributed by atoms with Crippen molar-refractivity contribution in [3.05, 3.63) is 28.0 Å². The third kappa shape index (κ3) is 3.78. The van der Waals surface area contributed by atoms with Crippen LogP contribution in [-0.4, -0.2) is 17.9 Å². The van der Waals surface area contributed by atoms with Gasteiger partial charge in [-0.2, -0.15) is 0 Å². The van der Waals surface area contributed by atoms with E-state index in [1.54, 1.807) is 6.07 Å². The molecule has 0 fully saturated rings. The minimum Gasteiger partial charge on any atom is -0.395 e. The van der Waals surface area contributed by atoms with E-state index < -0.39 is 5.82 Å². The van der Waals surface area contributed by atoms with Crippen LogP contribution >= 0.6 is 15.9 Å². The second-order valence-electron chi connectivity index (χ2n) is 4.87. The third-order valence-corrected chi connectivity index (χ3v) is 3.67. The smallest absolute Gasteiger partial charge is 0.176 e. The lowest BCUT2D eigenvalue weighted by Crippen LogP contribution is -2.41. The lowest BCUT2D eigenvalue weighted by molar-refractivity contribution is 0.0979. The Morgan fingerprint density at radius 1 is 1.50 bits per heavy atom. The maximum absolute atomic E-state index is 13.4. The number of Topliss-reactive ketones (excluding diaryl/α,β-unsaturated/α-hetero) is 1. The molecule has 1 aromatic carbocycles. The molecule has 1 rings (SSSR count). The Bertz CT molecular complexity index is 437. The molecule has 100 valence electrons. The van der Waals surface area contributed by atoms with Crippen LogP contribution in [0.2, 0.25) is 0 Å². The van der Waals surface area contributed by atoms with Gasteiger partial charge in [-0.1, -0.05) is 6.92 Å². The maximum atomic E-state index is 13.4. The lowest BCUT2D eigenvalue weighted by Gasteiger charge is -2.24. The largest absolute Gasteiger partial charge is 0.395 e. The molecule has 3 nitrogen and oxygen atoms in total. The molecule has 1 aromatic rings. The van der Waals surface area contributed by atoms with Crippen molar-refractivity contribution in [2.45, 2.75) is 32.7 Å². The molecule has 0 bridgehead atoms. The first-order valence-electron chi connectivity index (χ1n) is 5.79. The Hall–Kier alpha value is -0.940. The number of halogens is 2. The number of ketones is 1. The highest BCUT2D eigenvalue weighted by atomic mass is 79.9. The minimum absolute atomic E-state index is 0.0217. The summed E-state index contributed by atoms with van der Waals surface area (Å²) < 4.78 is 13.8. The number of benzene rings is 1. The van der Waals surface area contributed by atoms with Gasteiger partial charge in [-0.15, -0.1) is 0 Å². The predicted octanol–water partition coefficient (Wildman–Crippen LogP) is 3.13. The van der Waals surface area contributed by atoms with Crippen LogP contribution in [0.5, 0.6) is 0 Å². The highest BCUT2D eigenvalue weighted by molar-refractivity contribution is 9.10. The van der Waals surface area contributed by atoms with Crippen LogP contribution < -0.4 is 11.1 Å². The first-order chi connectivity index (χ1) is 8.26. The first-order valence-corrected chi connectivity index (χ1v) is 6.59. The second kappa shape index (κ2) is 5.80. The van der Waals surface area contributed by atoms with E-state index in [2.05, 4.69) is 21.2 Å². The molecule has 0 atom stereocenters. The summed E-state index contributed by atoms with van der Waals surface area (Å²) in [5, 5.41) is 3.14. The number of nitrogens with two attached hydrogens (primary N) is 1. The van der Waals surface area contributed by atoms with Crippen LogP contribution in [-0.2, 0) is 0 Å². The second-order valence-corrected chi connectivity index (χ2v) is 5.72. The van der Waals surface area contributed by atoms with Crippen molar-refractivity contribution < 1.29 is 9.18 Å². The minimum atomic E-state index is -0.581. The fourth-order valence-corrected chi connectivity index (χ4v) is 1.73. The fourth-order valence-electron chi connectivity index (χ4n) is 1.29. The van der Waals surface area contributed by atoms with Crippen LogP contribution in [0.4, 0.5) is 10.1 Å². The molecule has 0 radical (unpaired) electrons. The Morgan fingerprint density at radius 2 is 2.11 bits per heavy atom. The molecule has 0 unspecified atom stereocenters. The topological polar surface area (TPSA) is 55.1 Å². The molecule has 18 heavy (non-hydrogen) atoms. The summed E-state index contributed by atoms with van der Waals surface area (Å²) in [7, 11) is 0. The van der Waals surface area contributed by atoms with E-state index >= 15 is 0 Å². The fraction of sp³-hybridized carbons (Fsp3) is 0.462. The van der Waals surface area contributed by atoms with Crippen molar-refractivity contribution in [2.24, 2.45) is 0 Å². The molecule has 0 heterocycles. The van der Waals surface area contributed by atoms with Crippen molar-refractivity contribution in [3.8, 4) is 0 Å². The van der Waals surface area contributed by atoms with Crippen molar-refractivity contribution in [3.63, 3.8) is 0 Å². The summed E-state index contributed by atoms with van der Waals surface area (Å²) in [6.07, 6.45) is 0.903.